The summed E-state index contributed by atoms with van der Waals surface area (Å²) in [6.07, 6.45) is -3.07. The van der Waals surface area contributed by atoms with Gasteiger partial charge in [0.2, 0.25) is 10.0 Å². The van der Waals surface area contributed by atoms with E-state index in [4.69, 9.17) is 0 Å². The van der Waals surface area contributed by atoms with Crippen molar-refractivity contribution in [1.29, 1.82) is 0 Å². The Morgan fingerprint density at radius 1 is 1.20 bits per heavy atom. The first-order valence-corrected chi connectivity index (χ1v) is 7.82. The topological polar surface area (TPSA) is 37.4 Å². The SMILES string of the molecule is CC1CCN(S(=O)(=O)c2cccc(C(F)(F)F)c2)CC1. The molecule has 0 radical (unpaired) electrons. The highest BCUT2D eigenvalue weighted by atomic mass is 32.2. The van der Waals surface area contributed by atoms with Gasteiger partial charge >= 0.3 is 6.18 Å². The number of benzene rings is 1. The van der Waals surface area contributed by atoms with Crippen LogP contribution in [-0.2, 0) is 16.2 Å². The molecule has 0 bridgehead atoms. The van der Waals surface area contributed by atoms with Crippen LogP contribution in [0.1, 0.15) is 25.3 Å². The normalized spacial score (nSPS) is 19.2. The van der Waals surface area contributed by atoms with E-state index in [0.717, 1.165) is 25.0 Å². The van der Waals surface area contributed by atoms with E-state index in [-0.39, 0.29) is 4.90 Å². The van der Waals surface area contributed by atoms with Crippen LogP contribution < -0.4 is 0 Å². The molecule has 3 nitrogen and oxygen atoms in total. The lowest BCUT2D eigenvalue weighted by Gasteiger charge is -2.29. The van der Waals surface area contributed by atoms with Crippen LogP contribution in [0.15, 0.2) is 29.2 Å². The number of hydrogen-bond donors (Lipinski definition) is 0. The van der Waals surface area contributed by atoms with Gasteiger partial charge in [0.15, 0.2) is 0 Å². The third-order valence-corrected chi connectivity index (χ3v) is 5.44. The van der Waals surface area contributed by atoms with E-state index >= 15 is 0 Å². The predicted octanol–water partition coefficient (Wildman–Crippen LogP) is 3.13. The molecule has 0 aromatic heterocycles. The fourth-order valence-corrected chi connectivity index (χ4v) is 3.72. The second-order valence-electron chi connectivity index (χ2n) is 5.11. The van der Waals surface area contributed by atoms with E-state index in [2.05, 4.69) is 0 Å². The molecule has 0 atom stereocenters. The minimum Gasteiger partial charge on any atom is -0.207 e. The van der Waals surface area contributed by atoms with Crippen LogP contribution in [0.25, 0.3) is 0 Å². The van der Waals surface area contributed by atoms with Gasteiger partial charge in [-0.05, 0) is 37.0 Å². The summed E-state index contributed by atoms with van der Waals surface area (Å²) < 4.78 is 63.9. The fraction of sp³-hybridized carbons (Fsp3) is 0.538. The van der Waals surface area contributed by atoms with E-state index in [9.17, 15) is 21.6 Å². The maximum absolute atomic E-state index is 12.6. The van der Waals surface area contributed by atoms with Crippen molar-refractivity contribution in [1.82, 2.24) is 4.31 Å². The molecule has 1 fully saturated rings. The van der Waals surface area contributed by atoms with Gasteiger partial charge in [0.25, 0.3) is 0 Å². The van der Waals surface area contributed by atoms with Gasteiger partial charge in [0.05, 0.1) is 10.5 Å². The van der Waals surface area contributed by atoms with Crippen LogP contribution in [0, 0.1) is 5.92 Å². The maximum atomic E-state index is 12.6. The smallest absolute Gasteiger partial charge is 0.207 e. The molecule has 1 aliphatic heterocycles. The highest BCUT2D eigenvalue weighted by Gasteiger charge is 2.33. The average Bonchev–Trinajstić information content (AvgIpc) is 2.38. The van der Waals surface area contributed by atoms with E-state index in [1.54, 1.807) is 0 Å². The van der Waals surface area contributed by atoms with E-state index in [1.165, 1.54) is 10.4 Å². The third-order valence-electron chi connectivity index (χ3n) is 3.54. The standard InChI is InChI=1S/C13H16F3NO2S/c1-10-5-7-17(8-6-10)20(18,19)12-4-2-3-11(9-12)13(14,15)16/h2-4,9-10H,5-8H2,1H3. The Kier molecular flexibility index (Phi) is 4.11. The van der Waals surface area contributed by atoms with E-state index in [1.807, 2.05) is 6.92 Å². The molecule has 1 heterocycles. The van der Waals surface area contributed by atoms with Crippen molar-refractivity contribution in [2.24, 2.45) is 5.92 Å². The number of nitrogens with zero attached hydrogens (tertiary/aromatic N) is 1. The van der Waals surface area contributed by atoms with Crippen LogP contribution in [0.5, 0.6) is 0 Å². The molecule has 0 spiro atoms. The zero-order chi connectivity index (χ0) is 15.0. The minimum absolute atomic E-state index is 0.290. The van der Waals surface area contributed by atoms with Gasteiger partial charge < -0.3 is 0 Å². The lowest BCUT2D eigenvalue weighted by molar-refractivity contribution is -0.137. The summed E-state index contributed by atoms with van der Waals surface area (Å²) in [6, 6.07) is 3.91. The van der Waals surface area contributed by atoms with Gasteiger partial charge in [-0.1, -0.05) is 13.0 Å². The Hall–Kier alpha value is -1.08. The first-order chi connectivity index (χ1) is 9.21. The lowest BCUT2D eigenvalue weighted by atomic mass is 10.0. The average molecular weight is 307 g/mol. The molecule has 2 rings (SSSR count). The van der Waals surface area contributed by atoms with Crippen LogP contribution in [0.4, 0.5) is 13.2 Å². The van der Waals surface area contributed by atoms with Crippen molar-refractivity contribution in [2.45, 2.75) is 30.8 Å². The number of hydrogen-bond acceptors (Lipinski definition) is 2. The van der Waals surface area contributed by atoms with Crippen LogP contribution in [-0.4, -0.2) is 25.8 Å². The molecule has 112 valence electrons. The summed E-state index contributed by atoms with van der Waals surface area (Å²) >= 11 is 0. The Balaban J connectivity index is 2.30. The number of halogens is 3. The van der Waals surface area contributed by atoms with Crippen LogP contribution in [0.3, 0.4) is 0 Å². The first-order valence-electron chi connectivity index (χ1n) is 6.38. The van der Waals surface area contributed by atoms with Crippen molar-refractivity contribution in [2.75, 3.05) is 13.1 Å². The summed E-state index contributed by atoms with van der Waals surface area (Å²) in [5.41, 5.74) is -0.941. The van der Waals surface area contributed by atoms with Crippen molar-refractivity contribution >= 4 is 10.0 Å². The summed E-state index contributed by atoms with van der Waals surface area (Å²) in [7, 11) is -3.83. The second kappa shape index (κ2) is 5.37. The maximum Gasteiger partial charge on any atom is 0.416 e. The van der Waals surface area contributed by atoms with Gasteiger partial charge in [0, 0.05) is 13.1 Å². The second-order valence-corrected chi connectivity index (χ2v) is 7.05. The van der Waals surface area contributed by atoms with E-state index in [0.29, 0.717) is 25.1 Å². The molecule has 1 aliphatic rings. The summed E-state index contributed by atoms with van der Waals surface area (Å²) in [4.78, 5) is -0.290. The Bertz CT molecular complexity index is 576. The predicted molar refractivity (Wildman–Crippen MR) is 68.6 cm³/mol. The molecular weight excluding hydrogens is 291 g/mol. The molecule has 1 aromatic rings. The molecule has 0 aliphatic carbocycles. The van der Waals surface area contributed by atoms with E-state index < -0.39 is 21.8 Å². The highest BCUT2D eigenvalue weighted by Crippen LogP contribution is 2.31. The highest BCUT2D eigenvalue weighted by molar-refractivity contribution is 7.89. The van der Waals surface area contributed by atoms with Gasteiger partial charge in [-0.2, -0.15) is 17.5 Å². The van der Waals surface area contributed by atoms with Gasteiger partial charge in [-0.15, -0.1) is 0 Å². The molecular formula is C13H16F3NO2S. The molecule has 0 unspecified atom stereocenters. The zero-order valence-electron chi connectivity index (χ0n) is 11.0. The Morgan fingerprint density at radius 2 is 1.80 bits per heavy atom. The molecule has 1 aromatic carbocycles. The lowest BCUT2D eigenvalue weighted by Crippen LogP contribution is -2.37. The molecule has 20 heavy (non-hydrogen) atoms. The molecule has 0 N–H and O–H groups in total. The van der Waals surface area contributed by atoms with Crippen molar-refractivity contribution in [3.05, 3.63) is 29.8 Å². The van der Waals surface area contributed by atoms with Crippen molar-refractivity contribution in [3.63, 3.8) is 0 Å². The van der Waals surface area contributed by atoms with Crippen molar-refractivity contribution < 1.29 is 21.6 Å². The van der Waals surface area contributed by atoms with Crippen LogP contribution >= 0.6 is 0 Å². The molecule has 1 saturated heterocycles. The summed E-state index contributed by atoms with van der Waals surface area (Å²) in [5, 5.41) is 0. The van der Waals surface area contributed by atoms with Crippen molar-refractivity contribution in [3.8, 4) is 0 Å². The fourth-order valence-electron chi connectivity index (χ4n) is 2.21. The number of rotatable bonds is 2. The number of sulfonamides is 1. The third kappa shape index (κ3) is 3.15. The molecule has 7 heteroatoms. The van der Waals surface area contributed by atoms with Gasteiger partial charge in [-0.3, -0.25) is 0 Å². The molecule has 0 amide bonds. The molecule has 0 saturated carbocycles. The Labute approximate surface area is 116 Å². The van der Waals surface area contributed by atoms with Gasteiger partial charge in [0.1, 0.15) is 0 Å². The van der Waals surface area contributed by atoms with Gasteiger partial charge in [-0.25, -0.2) is 8.42 Å². The summed E-state index contributed by atoms with van der Waals surface area (Å²) in [5.74, 6) is 0.447. The quantitative estimate of drug-likeness (QED) is 0.842. The van der Waals surface area contributed by atoms with Crippen LogP contribution in [0.2, 0.25) is 0 Å². The Morgan fingerprint density at radius 3 is 2.35 bits per heavy atom. The number of piperidine rings is 1. The minimum atomic E-state index is -4.54. The number of alkyl halides is 3. The zero-order valence-corrected chi connectivity index (χ0v) is 11.8. The first kappa shape index (κ1) is 15.3. The monoisotopic (exact) mass is 307 g/mol. The largest absolute Gasteiger partial charge is 0.416 e. The summed E-state index contributed by atoms with van der Waals surface area (Å²) in [6.45, 7) is 2.76.